The number of ether oxygens (including phenoxy) is 1. The Balaban J connectivity index is 1.77. The van der Waals surface area contributed by atoms with Gasteiger partial charge in [0.2, 0.25) is 0 Å². The van der Waals surface area contributed by atoms with Gasteiger partial charge >= 0.3 is 5.97 Å². The third-order valence-electron chi connectivity index (χ3n) is 4.11. The molecule has 1 aromatic rings. The number of amidine groups is 1. The summed E-state index contributed by atoms with van der Waals surface area (Å²) >= 11 is 1.21. The third-order valence-corrected chi connectivity index (χ3v) is 7.36. The van der Waals surface area contributed by atoms with Crippen LogP contribution >= 0.6 is 11.8 Å². The molecule has 146 valence electrons. The molecule has 8 nitrogen and oxygen atoms in total. The average Bonchev–Trinajstić information content (AvgIpc) is 3.02. The summed E-state index contributed by atoms with van der Waals surface area (Å²) in [7, 11) is -3.17. The minimum absolute atomic E-state index is 0.00494. The van der Waals surface area contributed by atoms with E-state index in [0.717, 1.165) is 5.56 Å². The van der Waals surface area contributed by atoms with Crippen LogP contribution < -0.4 is 0 Å². The fraction of sp³-hybridized carbons (Fsp3) is 0.438. The predicted molar refractivity (Wildman–Crippen MR) is 96.7 cm³/mol. The number of carboxylic acid groups (broad SMARTS) is 1. The molecule has 0 aliphatic carbocycles. The van der Waals surface area contributed by atoms with Crippen molar-refractivity contribution < 1.29 is 32.2 Å². The average molecular weight is 416 g/mol. The SMILES string of the molecule is O=C(O)COCC(=O)N=C1S[C@H]2CS(=O)(=O)C[C@@H]2N1Cc1ccc(F)cc1. The molecule has 1 N–H and O–H groups in total. The molecule has 0 spiro atoms. The van der Waals surface area contributed by atoms with Crippen LogP contribution in [0.4, 0.5) is 4.39 Å². The fourth-order valence-electron chi connectivity index (χ4n) is 2.97. The van der Waals surface area contributed by atoms with Crippen LogP contribution in [0.15, 0.2) is 29.3 Å². The van der Waals surface area contributed by atoms with Gasteiger partial charge in [-0.25, -0.2) is 17.6 Å². The molecule has 0 saturated carbocycles. The molecular weight excluding hydrogens is 399 g/mol. The lowest BCUT2D eigenvalue weighted by molar-refractivity contribution is -0.143. The van der Waals surface area contributed by atoms with Crippen molar-refractivity contribution in [3.05, 3.63) is 35.6 Å². The van der Waals surface area contributed by atoms with Crippen LogP contribution in [0.1, 0.15) is 5.56 Å². The number of sulfone groups is 1. The molecule has 2 atom stereocenters. The fourth-order valence-corrected chi connectivity index (χ4v) is 6.94. The first-order chi connectivity index (χ1) is 12.7. The predicted octanol–water partition coefficient (Wildman–Crippen LogP) is 0.524. The van der Waals surface area contributed by atoms with E-state index in [0.29, 0.717) is 5.17 Å². The van der Waals surface area contributed by atoms with Crippen LogP contribution in [0.2, 0.25) is 0 Å². The first-order valence-electron chi connectivity index (χ1n) is 8.03. The molecule has 27 heavy (non-hydrogen) atoms. The third kappa shape index (κ3) is 5.05. The number of carboxylic acids is 1. The number of hydrogen-bond donors (Lipinski definition) is 1. The highest BCUT2D eigenvalue weighted by Crippen LogP contribution is 2.39. The minimum atomic E-state index is -3.17. The number of aliphatic imine (C=N–C) groups is 1. The number of amides is 1. The Bertz CT molecular complexity index is 871. The number of benzene rings is 1. The van der Waals surface area contributed by atoms with Crippen molar-refractivity contribution in [1.82, 2.24) is 4.90 Å². The summed E-state index contributed by atoms with van der Waals surface area (Å²) in [5.41, 5.74) is 0.754. The van der Waals surface area contributed by atoms with Gasteiger partial charge in [-0.05, 0) is 17.7 Å². The number of carbonyl (C=O) groups excluding carboxylic acids is 1. The largest absolute Gasteiger partial charge is 0.480 e. The first kappa shape index (κ1) is 19.8. The van der Waals surface area contributed by atoms with Crippen LogP contribution in [0.5, 0.6) is 0 Å². The molecule has 2 saturated heterocycles. The Morgan fingerprint density at radius 1 is 1.26 bits per heavy atom. The molecule has 11 heteroatoms. The van der Waals surface area contributed by atoms with Gasteiger partial charge in [-0.2, -0.15) is 4.99 Å². The summed E-state index contributed by atoms with van der Waals surface area (Å²) in [6.45, 7) is -0.799. The van der Waals surface area contributed by atoms with Crippen molar-refractivity contribution in [2.75, 3.05) is 24.7 Å². The van der Waals surface area contributed by atoms with Gasteiger partial charge in [0, 0.05) is 11.8 Å². The van der Waals surface area contributed by atoms with Gasteiger partial charge in [-0.1, -0.05) is 23.9 Å². The Labute approximate surface area is 159 Å². The second-order valence-electron chi connectivity index (χ2n) is 6.23. The van der Waals surface area contributed by atoms with Crippen LogP contribution in [0.3, 0.4) is 0 Å². The molecular formula is C16H17FN2O6S2. The maximum absolute atomic E-state index is 13.1. The van der Waals surface area contributed by atoms with Crippen LogP contribution in [0, 0.1) is 5.82 Å². The standard InChI is InChI=1S/C16H17FN2O6S2/c17-11-3-1-10(2-4-11)5-19-12-8-27(23,24)9-13(12)26-16(19)18-14(20)6-25-7-15(21)22/h1-4,12-13H,5-9H2,(H,21,22)/t12-,13-/m0/s1. The maximum Gasteiger partial charge on any atom is 0.329 e. The Hall–Kier alpha value is -1.98. The molecule has 3 rings (SSSR count). The molecule has 2 aliphatic rings. The molecule has 1 aromatic carbocycles. The van der Waals surface area contributed by atoms with E-state index in [1.54, 1.807) is 17.0 Å². The molecule has 0 radical (unpaired) electrons. The van der Waals surface area contributed by atoms with Gasteiger partial charge in [-0.15, -0.1) is 0 Å². The van der Waals surface area contributed by atoms with E-state index in [9.17, 15) is 22.4 Å². The van der Waals surface area contributed by atoms with E-state index >= 15 is 0 Å². The van der Waals surface area contributed by atoms with Gasteiger partial charge in [0.25, 0.3) is 5.91 Å². The Kier molecular flexibility index (Phi) is 5.82. The molecule has 1 amide bonds. The van der Waals surface area contributed by atoms with Crippen LogP contribution in [-0.4, -0.2) is 71.5 Å². The second-order valence-corrected chi connectivity index (χ2v) is 9.59. The molecule has 0 unspecified atom stereocenters. The van der Waals surface area contributed by atoms with Gasteiger partial charge in [0.1, 0.15) is 19.0 Å². The van der Waals surface area contributed by atoms with E-state index in [1.807, 2.05) is 0 Å². The smallest absolute Gasteiger partial charge is 0.329 e. The summed E-state index contributed by atoms with van der Waals surface area (Å²) in [4.78, 5) is 28.1. The second kappa shape index (κ2) is 7.95. The van der Waals surface area contributed by atoms with E-state index in [4.69, 9.17) is 9.84 Å². The normalized spacial score (nSPS) is 24.9. The number of hydrogen-bond acceptors (Lipinski definition) is 6. The van der Waals surface area contributed by atoms with E-state index in [2.05, 4.69) is 4.99 Å². The van der Waals surface area contributed by atoms with E-state index in [1.165, 1.54) is 23.9 Å². The molecule has 2 aliphatic heterocycles. The van der Waals surface area contributed by atoms with Gasteiger partial charge in [-0.3, -0.25) is 4.79 Å². The summed E-state index contributed by atoms with van der Waals surface area (Å²) in [6.07, 6.45) is 0. The van der Waals surface area contributed by atoms with Crippen molar-refractivity contribution in [1.29, 1.82) is 0 Å². The summed E-state index contributed by atoms with van der Waals surface area (Å²) in [5.74, 6) is -2.25. The first-order valence-corrected chi connectivity index (χ1v) is 10.7. The molecule has 2 heterocycles. The Morgan fingerprint density at radius 2 is 1.96 bits per heavy atom. The number of halogens is 1. The van der Waals surface area contributed by atoms with Crippen LogP contribution in [0.25, 0.3) is 0 Å². The quantitative estimate of drug-likeness (QED) is 0.714. The molecule has 0 aromatic heterocycles. The minimum Gasteiger partial charge on any atom is -0.480 e. The van der Waals surface area contributed by atoms with Gasteiger partial charge in [0.15, 0.2) is 15.0 Å². The topological polar surface area (TPSA) is 113 Å². The highest BCUT2D eigenvalue weighted by atomic mass is 32.2. The number of nitrogens with zero attached hydrogens (tertiary/aromatic N) is 2. The van der Waals surface area contributed by atoms with E-state index in [-0.39, 0.29) is 35.2 Å². The summed E-state index contributed by atoms with van der Waals surface area (Å²) in [5, 5.41) is 8.66. The monoisotopic (exact) mass is 416 g/mol. The zero-order valence-electron chi connectivity index (χ0n) is 14.1. The highest BCUT2D eigenvalue weighted by Gasteiger charge is 2.48. The number of thioether (sulfide) groups is 1. The van der Waals surface area contributed by atoms with Gasteiger partial charge < -0.3 is 14.7 Å². The number of rotatable bonds is 6. The van der Waals surface area contributed by atoms with Crippen molar-refractivity contribution in [2.24, 2.45) is 4.99 Å². The van der Waals surface area contributed by atoms with Crippen LogP contribution in [-0.2, 0) is 30.7 Å². The van der Waals surface area contributed by atoms with Crippen molar-refractivity contribution >= 4 is 38.6 Å². The zero-order valence-corrected chi connectivity index (χ0v) is 15.7. The Morgan fingerprint density at radius 3 is 2.63 bits per heavy atom. The van der Waals surface area contributed by atoms with E-state index < -0.39 is 34.9 Å². The summed E-state index contributed by atoms with van der Waals surface area (Å²) < 4.78 is 41.8. The lowest BCUT2D eigenvalue weighted by Gasteiger charge is -2.24. The molecule has 2 fully saturated rings. The lowest BCUT2D eigenvalue weighted by atomic mass is 10.1. The zero-order chi connectivity index (χ0) is 19.6. The number of aliphatic carboxylic acids is 1. The van der Waals surface area contributed by atoms with Crippen molar-refractivity contribution in [3.63, 3.8) is 0 Å². The van der Waals surface area contributed by atoms with Gasteiger partial charge in [0.05, 0.1) is 17.5 Å². The number of carbonyl (C=O) groups is 2. The summed E-state index contributed by atoms with van der Waals surface area (Å²) in [6, 6.07) is 5.47. The number of fused-ring (bicyclic) bond motifs is 1. The van der Waals surface area contributed by atoms with Crippen molar-refractivity contribution in [2.45, 2.75) is 17.8 Å². The molecule has 0 bridgehead atoms. The highest BCUT2D eigenvalue weighted by molar-refractivity contribution is 8.15. The van der Waals surface area contributed by atoms with Crippen molar-refractivity contribution in [3.8, 4) is 0 Å². The lowest BCUT2D eigenvalue weighted by Crippen LogP contribution is -2.37. The maximum atomic E-state index is 13.1.